The van der Waals surface area contributed by atoms with E-state index in [0.717, 1.165) is 14.9 Å². The van der Waals surface area contributed by atoms with Gasteiger partial charge >= 0.3 is 5.97 Å². The van der Waals surface area contributed by atoms with E-state index in [1.54, 1.807) is 24.3 Å². The minimum Gasteiger partial charge on any atom is -0.459 e. The van der Waals surface area contributed by atoms with Crippen LogP contribution in [0.4, 0.5) is 0 Å². The number of ether oxygens (including phenoxy) is 1. The van der Waals surface area contributed by atoms with Crippen molar-refractivity contribution in [3.05, 3.63) is 69.7 Å². The number of rotatable bonds is 4. The maximum Gasteiger partial charge on any atom is 0.326 e. The monoisotopic (exact) mass is 373 g/mol. The van der Waals surface area contributed by atoms with E-state index in [0.29, 0.717) is 11.1 Å². The van der Waals surface area contributed by atoms with Crippen molar-refractivity contribution in [3.8, 4) is 0 Å². The van der Waals surface area contributed by atoms with E-state index in [9.17, 15) is 14.4 Å². The summed E-state index contributed by atoms with van der Waals surface area (Å²) in [5.74, 6) is -1.57. The highest BCUT2D eigenvalue weighted by Crippen LogP contribution is 2.22. The Morgan fingerprint density at radius 2 is 1.52 bits per heavy atom. The molecule has 3 rings (SSSR count). The molecule has 0 saturated heterocycles. The summed E-state index contributed by atoms with van der Waals surface area (Å²) in [6, 6.07) is 13.8. The molecular formula is C17H12BrNO4. The van der Waals surface area contributed by atoms with Crippen LogP contribution in [-0.4, -0.2) is 29.2 Å². The Morgan fingerprint density at radius 3 is 2.13 bits per heavy atom. The van der Waals surface area contributed by atoms with Gasteiger partial charge < -0.3 is 4.74 Å². The zero-order valence-electron chi connectivity index (χ0n) is 12.0. The predicted molar refractivity (Wildman–Crippen MR) is 85.7 cm³/mol. The van der Waals surface area contributed by atoms with Gasteiger partial charge in [-0.25, -0.2) is 0 Å². The number of imide groups is 1. The highest BCUT2D eigenvalue weighted by atomic mass is 79.9. The molecule has 2 aromatic rings. The molecule has 2 amide bonds. The smallest absolute Gasteiger partial charge is 0.326 e. The predicted octanol–water partition coefficient (Wildman–Crippen LogP) is 2.79. The Balaban J connectivity index is 1.64. The Labute approximate surface area is 141 Å². The summed E-state index contributed by atoms with van der Waals surface area (Å²) in [6.45, 7) is -0.319. The van der Waals surface area contributed by atoms with Crippen molar-refractivity contribution in [1.29, 1.82) is 0 Å². The van der Waals surface area contributed by atoms with Crippen molar-refractivity contribution in [1.82, 2.24) is 4.90 Å². The van der Waals surface area contributed by atoms with Crippen molar-refractivity contribution in [2.75, 3.05) is 6.54 Å². The number of benzene rings is 2. The van der Waals surface area contributed by atoms with Crippen LogP contribution in [0.3, 0.4) is 0 Å². The number of nitrogens with zero attached hydrogens (tertiary/aromatic N) is 1. The second-order valence-corrected chi connectivity index (χ2v) is 5.85. The van der Waals surface area contributed by atoms with Gasteiger partial charge in [0, 0.05) is 10.0 Å². The molecular weight excluding hydrogens is 362 g/mol. The number of hydrogen-bond acceptors (Lipinski definition) is 4. The molecule has 1 heterocycles. The quantitative estimate of drug-likeness (QED) is 0.610. The van der Waals surface area contributed by atoms with E-state index in [1.807, 2.05) is 24.3 Å². The van der Waals surface area contributed by atoms with Crippen LogP contribution >= 0.6 is 15.9 Å². The summed E-state index contributed by atoms with van der Waals surface area (Å²) in [7, 11) is 0. The number of hydrogen-bond donors (Lipinski definition) is 0. The van der Waals surface area contributed by atoms with Crippen LogP contribution in [0.5, 0.6) is 0 Å². The van der Waals surface area contributed by atoms with E-state index in [1.165, 1.54) is 0 Å². The summed E-state index contributed by atoms with van der Waals surface area (Å²) in [4.78, 5) is 37.2. The first kappa shape index (κ1) is 15.4. The largest absolute Gasteiger partial charge is 0.459 e. The average molecular weight is 374 g/mol. The molecule has 0 aromatic heterocycles. The fraction of sp³-hybridized carbons (Fsp3) is 0.118. The molecule has 0 radical (unpaired) electrons. The van der Waals surface area contributed by atoms with Crippen LogP contribution in [-0.2, 0) is 16.1 Å². The van der Waals surface area contributed by atoms with Gasteiger partial charge in [-0.1, -0.05) is 46.3 Å². The Hall–Kier alpha value is -2.47. The van der Waals surface area contributed by atoms with Gasteiger partial charge in [0.2, 0.25) is 0 Å². The zero-order chi connectivity index (χ0) is 16.4. The minimum absolute atomic E-state index is 0.0728. The number of fused-ring (bicyclic) bond motifs is 1. The summed E-state index contributed by atoms with van der Waals surface area (Å²) in [5.41, 5.74) is 1.44. The van der Waals surface area contributed by atoms with Crippen molar-refractivity contribution in [2.24, 2.45) is 0 Å². The number of halogens is 1. The molecule has 0 bridgehead atoms. The molecule has 0 spiro atoms. The third kappa shape index (κ3) is 3.03. The van der Waals surface area contributed by atoms with Crippen LogP contribution in [0.15, 0.2) is 53.0 Å². The molecule has 0 fully saturated rings. The van der Waals surface area contributed by atoms with E-state index < -0.39 is 24.3 Å². The second-order valence-electron chi connectivity index (χ2n) is 4.99. The van der Waals surface area contributed by atoms with Gasteiger partial charge in [-0.15, -0.1) is 0 Å². The normalized spacial score (nSPS) is 13.2. The summed E-state index contributed by atoms with van der Waals surface area (Å²) >= 11 is 3.36. The number of carbonyl (C=O) groups excluding carboxylic acids is 3. The molecule has 1 aliphatic heterocycles. The van der Waals surface area contributed by atoms with Crippen LogP contribution < -0.4 is 0 Å². The maximum absolute atomic E-state index is 12.2. The van der Waals surface area contributed by atoms with Gasteiger partial charge in [-0.2, -0.15) is 0 Å². The van der Waals surface area contributed by atoms with Crippen LogP contribution in [0.2, 0.25) is 0 Å². The first-order chi connectivity index (χ1) is 11.1. The summed E-state index contributed by atoms with van der Waals surface area (Å²) < 4.78 is 5.98. The Bertz CT molecular complexity index is 768. The van der Waals surface area contributed by atoms with Gasteiger partial charge in [0.05, 0.1) is 11.1 Å². The lowest BCUT2D eigenvalue weighted by Gasteiger charge is -2.13. The third-order valence-electron chi connectivity index (χ3n) is 3.51. The van der Waals surface area contributed by atoms with Crippen molar-refractivity contribution >= 4 is 33.7 Å². The standard InChI is InChI=1S/C17H12BrNO4/c18-14-8-4-1-5-11(14)10-23-15(20)9-19-16(21)12-6-2-3-7-13(12)17(19)22/h1-8H,9-10H2. The van der Waals surface area contributed by atoms with Gasteiger partial charge in [0.1, 0.15) is 13.2 Å². The molecule has 0 N–H and O–H groups in total. The number of amides is 2. The number of carbonyl (C=O) groups is 3. The maximum atomic E-state index is 12.2. The van der Waals surface area contributed by atoms with Crippen molar-refractivity contribution in [2.45, 2.75) is 6.61 Å². The average Bonchev–Trinajstić information content (AvgIpc) is 2.80. The zero-order valence-corrected chi connectivity index (χ0v) is 13.6. The lowest BCUT2D eigenvalue weighted by molar-refractivity contribution is -0.145. The SMILES string of the molecule is O=C(CN1C(=O)c2ccccc2C1=O)OCc1ccccc1Br. The topological polar surface area (TPSA) is 63.7 Å². The summed E-state index contributed by atoms with van der Waals surface area (Å²) in [6.07, 6.45) is 0. The highest BCUT2D eigenvalue weighted by Gasteiger charge is 2.36. The van der Waals surface area contributed by atoms with Crippen LogP contribution in [0, 0.1) is 0 Å². The van der Waals surface area contributed by atoms with E-state index >= 15 is 0 Å². The molecule has 2 aromatic carbocycles. The molecule has 116 valence electrons. The van der Waals surface area contributed by atoms with Gasteiger partial charge in [0.15, 0.2) is 0 Å². The molecule has 0 aliphatic carbocycles. The molecule has 6 heteroatoms. The van der Waals surface area contributed by atoms with E-state index in [2.05, 4.69) is 15.9 Å². The van der Waals surface area contributed by atoms with Crippen LogP contribution in [0.1, 0.15) is 26.3 Å². The Morgan fingerprint density at radius 1 is 0.957 bits per heavy atom. The van der Waals surface area contributed by atoms with Crippen molar-refractivity contribution < 1.29 is 19.1 Å². The highest BCUT2D eigenvalue weighted by molar-refractivity contribution is 9.10. The second kappa shape index (κ2) is 6.34. The van der Waals surface area contributed by atoms with Crippen LogP contribution in [0.25, 0.3) is 0 Å². The van der Waals surface area contributed by atoms with E-state index in [4.69, 9.17) is 4.74 Å². The molecule has 23 heavy (non-hydrogen) atoms. The lowest BCUT2D eigenvalue weighted by atomic mass is 10.1. The molecule has 0 saturated carbocycles. The fourth-order valence-electron chi connectivity index (χ4n) is 2.33. The van der Waals surface area contributed by atoms with Crippen molar-refractivity contribution in [3.63, 3.8) is 0 Å². The fourth-order valence-corrected chi connectivity index (χ4v) is 2.73. The van der Waals surface area contributed by atoms with Gasteiger partial charge in [0.25, 0.3) is 11.8 Å². The Kier molecular flexibility index (Phi) is 4.25. The number of esters is 1. The minimum atomic E-state index is -0.629. The molecule has 5 nitrogen and oxygen atoms in total. The molecule has 1 aliphatic rings. The van der Waals surface area contributed by atoms with Gasteiger partial charge in [-0.3, -0.25) is 19.3 Å². The van der Waals surface area contributed by atoms with E-state index in [-0.39, 0.29) is 6.61 Å². The first-order valence-corrected chi connectivity index (χ1v) is 7.71. The lowest BCUT2D eigenvalue weighted by Crippen LogP contribution is -2.35. The van der Waals surface area contributed by atoms with Gasteiger partial charge in [-0.05, 0) is 18.2 Å². The summed E-state index contributed by atoms with van der Waals surface area (Å²) in [5, 5.41) is 0. The molecule has 0 unspecified atom stereocenters. The third-order valence-corrected chi connectivity index (χ3v) is 4.29. The molecule has 0 atom stereocenters. The first-order valence-electron chi connectivity index (χ1n) is 6.92.